The molecule has 0 amide bonds. The third kappa shape index (κ3) is 2.73. The van der Waals surface area contributed by atoms with Crippen LogP contribution < -0.4 is 11.1 Å². The van der Waals surface area contributed by atoms with E-state index in [0.29, 0.717) is 17.0 Å². The van der Waals surface area contributed by atoms with Crippen molar-refractivity contribution >= 4 is 49.6 Å². The Morgan fingerprint density at radius 1 is 1.16 bits per heavy atom. The molecule has 128 valence electrons. The number of aromatic nitrogens is 1. The van der Waals surface area contributed by atoms with Crippen molar-refractivity contribution in [1.29, 1.82) is 0 Å². The molecule has 0 aliphatic carbocycles. The lowest BCUT2D eigenvalue weighted by Crippen LogP contribution is -2.01. The van der Waals surface area contributed by atoms with Gasteiger partial charge in [0.1, 0.15) is 0 Å². The molecule has 4 rings (SSSR count). The lowest BCUT2D eigenvalue weighted by atomic mass is 10.0. The maximum absolute atomic E-state index is 12.2. The minimum absolute atomic E-state index is 0.137. The average Bonchev–Trinajstić information content (AvgIpc) is 2.93. The van der Waals surface area contributed by atoms with E-state index in [9.17, 15) is 8.42 Å². The Balaban J connectivity index is 1.90. The van der Waals surface area contributed by atoms with Crippen LogP contribution in [0.4, 0.5) is 17.1 Å². The summed E-state index contributed by atoms with van der Waals surface area (Å²) >= 11 is 1.68. The molecule has 2 heterocycles. The molecule has 5 nitrogen and oxygen atoms in total. The molecule has 0 saturated carbocycles. The van der Waals surface area contributed by atoms with Crippen molar-refractivity contribution < 1.29 is 8.42 Å². The number of hydrogen-bond donors (Lipinski definition) is 2. The lowest BCUT2D eigenvalue weighted by Gasteiger charge is -2.15. The van der Waals surface area contributed by atoms with Gasteiger partial charge >= 0.3 is 0 Å². The monoisotopic (exact) mass is 371 g/mol. The predicted molar refractivity (Wildman–Crippen MR) is 103 cm³/mol. The van der Waals surface area contributed by atoms with E-state index in [0.717, 1.165) is 27.8 Å². The number of nitrogens with two attached hydrogens (primary N) is 1. The molecular formula is C18H17N3O2S2. The Labute approximate surface area is 150 Å². The minimum Gasteiger partial charge on any atom is -0.396 e. The van der Waals surface area contributed by atoms with Gasteiger partial charge in [-0.1, -0.05) is 0 Å². The van der Waals surface area contributed by atoms with Crippen LogP contribution in [0.1, 0.15) is 5.56 Å². The van der Waals surface area contributed by atoms with Gasteiger partial charge in [-0.3, -0.25) is 4.98 Å². The summed E-state index contributed by atoms with van der Waals surface area (Å²) in [5.74, 6) is 0.137. The van der Waals surface area contributed by atoms with Crippen LogP contribution in [0.2, 0.25) is 0 Å². The van der Waals surface area contributed by atoms with E-state index in [1.165, 1.54) is 4.90 Å². The zero-order valence-corrected chi connectivity index (χ0v) is 15.2. The highest BCUT2D eigenvalue weighted by Crippen LogP contribution is 2.39. The summed E-state index contributed by atoms with van der Waals surface area (Å²) in [6, 6.07) is 11.4. The van der Waals surface area contributed by atoms with Crippen molar-refractivity contribution in [3.63, 3.8) is 0 Å². The largest absolute Gasteiger partial charge is 0.396 e. The Morgan fingerprint density at radius 3 is 2.64 bits per heavy atom. The lowest BCUT2D eigenvalue weighted by molar-refractivity contribution is 0.600. The number of nitrogen functional groups attached to an aromatic ring is 1. The minimum atomic E-state index is -3.21. The SMILES string of the molecule is CSc1ccc(Nc2c(N)cnc3ccc4c(c23)CCS4(=O)=O)cc1. The molecule has 1 aromatic heterocycles. The number of aryl methyl sites for hydroxylation is 1. The summed E-state index contributed by atoms with van der Waals surface area (Å²) in [4.78, 5) is 5.94. The van der Waals surface area contributed by atoms with Crippen LogP contribution in [-0.2, 0) is 16.3 Å². The summed E-state index contributed by atoms with van der Waals surface area (Å²) in [7, 11) is -3.21. The molecule has 3 N–H and O–H groups in total. The first-order valence-electron chi connectivity index (χ1n) is 7.83. The molecule has 0 unspecified atom stereocenters. The van der Waals surface area contributed by atoms with Crippen LogP contribution in [0, 0.1) is 0 Å². The second-order valence-corrected chi connectivity index (χ2v) is 8.90. The third-order valence-electron chi connectivity index (χ3n) is 4.44. The number of thioether (sulfide) groups is 1. The van der Waals surface area contributed by atoms with E-state index >= 15 is 0 Å². The Bertz CT molecular complexity index is 1080. The van der Waals surface area contributed by atoms with Crippen molar-refractivity contribution in [3.05, 3.63) is 48.2 Å². The van der Waals surface area contributed by atoms with Crippen molar-refractivity contribution in [3.8, 4) is 0 Å². The second-order valence-electron chi connectivity index (χ2n) is 5.95. The van der Waals surface area contributed by atoms with Gasteiger partial charge in [-0.05, 0) is 54.6 Å². The van der Waals surface area contributed by atoms with Gasteiger partial charge in [-0.2, -0.15) is 0 Å². The number of hydrogen-bond acceptors (Lipinski definition) is 6. The van der Waals surface area contributed by atoms with Gasteiger partial charge in [0, 0.05) is 16.0 Å². The van der Waals surface area contributed by atoms with Gasteiger partial charge in [0.05, 0.1) is 33.7 Å². The van der Waals surface area contributed by atoms with Crippen molar-refractivity contribution in [2.75, 3.05) is 23.1 Å². The van der Waals surface area contributed by atoms with Crippen LogP contribution in [-0.4, -0.2) is 25.4 Å². The number of anilines is 3. The molecular weight excluding hydrogens is 354 g/mol. The van der Waals surface area contributed by atoms with Crippen LogP contribution in [0.15, 0.2) is 52.4 Å². The van der Waals surface area contributed by atoms with E-state index < -0.39 is 9.84 Å². The Hall–Kier alpha value is -2.25. The number of nitrogens with zero attached hydrogens (tertiary/aromatic N) is 1. The van der Waals surface area contributed by atoms with Crippen LogP contribution in [0.5, 0.6) is 0 Å². The maximum Gasteiger partial charge on any atom is 0.179 e. The summed E-state index contributed by atoms with van der Waals surface area (Å²) in [6.07, 6.45) is 4.12. The summed E-state index contributed by atoms with van der Waals surface area (Å²) < 4.78 is 24.5. The van der Waals surface area contributed by atoms with Gasteiger partial charge in [0.15, 0.2) is 9.84 Å². The number of sulfone groups is 1. The van der Waals surface area contributed by atoms with E-state index in [-0.39, 0.29) is 5.75 Å². The first kappa shape index (κ1) is 16.2. The molecule has 3 aromatic rings. The number of nitrogens with one attached hydrogen (secondary N) is 1. The van der Waals surface area contributed by atoms with E-state index in [1.54, 1.807) is 30.1 Å². The fourth-order valence-electron chi connectivity index (χ4n) is 3.19. The molecule has 0 saturated heterocycles. The first-order chi connectivity index (χ1) is 12.0. The average molecular weight is 371 g/mol. The van der Waals surface area contributed by atoms with Gasteiger partial charge in [-0.15, -0.1) is 11.8 Å². The molecule has 25 heavy (non-hydrogen) atoms. The zero-order valence-electron chi connectivity index (χ0n) is 13.6. The van der Waals surface area contributed by atoms with Crippen molar-refractivity contribution in [2.24, 2.45) is 0 Å². The summed E-state index contributed by atoms with van der Waals surface area (Å²) in [5, 5.41) is 4.15. The first-order valence-corrected chi connectivity index (χ1v) is 10.7. The number of pyridine rings is 1. The predicted octanol–water partition coefficient (Wildman–Crippen LogP) is 3.61. The van der Waals surface area contributed by atoms with Gasteiger partial charge in [-0.25, -0.2) is 8.42 Å². The maximum atomic E-state index is 12.2. The molecule has 0 fully saturated rings. The Morgan fingerprint density at radius 2 is 1.92 bits per heavy atom. The molecule has 0 spiro atoms. The molecule has 2 aromatic carbocycles. The molecule has 1 aliphatic heterocycles. The van der Waals surface area contributed by atoms with Crippen LogP contribution in [0.25, 0.3) is 10.9 Å². The molecule has 0 atom stereocenters. The fraction of sp³-hybridized carbons (Fsp3) is 0.167. The highest BCUT2D eigenvalue weighted by atomic mass is 32.2. The Kier molecular flexibility index (Phi) is 3.85. The van der Waals surface area contributed by atoms with Gasteiger partial charge < -0.3 is 11.1 Å². The topological polar surface area (TPSA) is 85.1 Å². The standard InChI is InChI=1S/C18H17N3O2S2/c1-24-12-4-2-11(3-5-12)21-18-14(19)10-20-15-6-7-16-13(17(15)18)8-9-25(16,22)23/h2-7,10H,8-9,19H2,1H3,(H,20,21). The highest BCUT2D eigenvalue weighted by molar-refractivity contribution is 7.98. The normalized spacial score (nSPS) is 15.2. The van der Waals surface area contributed by atoms with Crippen LogP contribution in [0.3, 0.4) is 0 Å². The van der Waals surface area contributed by atoms with Gasteiger partial charge in [0.2, 0.25) is 0 Å². The zero-order chi connectivity index (χ0) is 17.6. The van der Waals surface area contributed by atoms with E-state index in [2.05, 4.69) is 10.3 Å². The number of rotatable bonds is 3. The summed E-state index contributed by atoms with van der Waals surface area (Å²) in [6.45, 7) is 0. The quantitative estimate of drug-likeness (QED) is 0.684. The van der Waals surface area contributed by atoms with Crippen molar-refractivity contribution in [2.45, 2.75) is 16.2 Å². The second kappa shape index (κ2) is 5.93. The smallest absolute Gasteiger partial charge is 0.179 e. The van der Waals surface area contributed by atoms with E-state index in [4.69, 9.17) is 5.73 Å². The number of fused-ring (bicyclic) bond motifs is 3. The molecule has 0 bridgehead atoms. The van der Waals surface area contributed by atoms with Crippen LogP contribution >= 0.6 is 11.8 Å². The third-order valence-corrected chi connectivity index (χ3v) is 6.98. The number of benzene rings is 2. The summed E-state index contributed by atoms with van der Waals surface area (Å²) in [5.41, 5.74) is 9.84. The molecule has 7 heteroatoms. The van der Waals surface area contributed by atoms with Gasteiger partial charge in [0.25, 0.3) is 0 Å². The van der Waals surface area contributed by atoms with E-state index in [1.807, 2.05) is 30.5 Å². The van der Waals surface area contributed by atoms with Crippen molar-refractivity contribution in [1.82, 2.24) is 4.98 Å². The molecule has 1 aliphatic rings. The molecule has 0 radical (unpaired) electrons. The highest BCUT2D eigenvalue weighted by Gasteiger charge is 2.29. The fourth-order valence-corrected chi connectivity index (χ4v) is 5.15.